The Labute approximate surface area is 133 Å². The number of carbonyl (C=O) groups excluding carboxylic acids is 1. The highest BCUT2D eigenvalue weighted by Gasteiger charge is 2.15. The molecule has 1 amide bonds. The first-order chi connectivity index (χ1) is 10.0. The van der Waals surface area contributed by atoms with Crippen LogP contribution in [-0.4, -0.2) is 12.5 Å². The molecule has 0 radical (unpaired) electrons. The first kappa shape index (κ1) is 15.6. The van der Waals surface area contributed by atoms with E-state index in [9.17, 15) is 4.79 Å². The fourth-order valence-corrected chi connectivity index (χ4v) is 2.24. The third kappa shape index (κ3) is 3.88. The van der Waals surface area contributed by atoms with Gasteiger partial charge in [-0.3, -0.25) is 4.79 Å². The van der Waals surface area contributed by atoms with Crippen LogP contribution < -0.4 is 16.8 Å². The van der Waals surface area contributed by atoms with E-state index in [0.717, 1.165) is 5.56 Å². The third-order valence-electron chi connectivity index (χ3n) is 3.05. The Kier molecular flexibility index (Phi) is 5.07. The molecule has 0 aliphatic carbocycles. The summed E-state index contributed by atoms with van der Waals surface area (Å²) in [6.45, 7) is 0.259. The lowest BCUT2D eigenvalue weighted by molar-refractivity contribution is 0.0938. The Morgan fingerprint density at radius 3 is 2.57 bits per heavy atom. The van der Waals surface area contributed by atoms with E-state index in [-0.39, 0.29) is 18.5 Å². The van der Waals surface area contributed by atoms with Crippen molar-refractivity contribution < 1.29 is 4.79 Å². The molecule has 0 spiro atoms. The van der Waals surface area contributed by atoms with E-state index in [1.165, 1.54) is 6.07 Å². The van der Waals surface area contributed by atoms with E-state index in [1.54, 1.807) is 24.3 Å². The summed E-state index contributed by atoms with van der Waals surface area (Å²) in [5.41, 5.74) is 13.1. The highest BCUT2D eigenvalue weighted by molar-refractivity contribution is 6.33. The van der Waals surface area contributed by atoms with Crippen LogP contribution in [0.2, 0.25) is 10.0 Å². The number of nitrogen functional groups attached to an aromatic ring is 1. The van der Waals surface area contributed by atoms with Crippen LogP contribution in [0.1, 0.15) is 22.0 Å². The van der Waals surface area contributed by atoms with E-state index in [2.05, 4.69) is 5.32 Å². The molecule has 0 aromatic heterocycles. The summed E-state index contributed by atoms with van der Waals surface area (Å²) in [5, 5.41) is 3.86. The lowest BCUT2D eigenvalue weighted by Gasteiger charge is -2.18. The van der Waals surface area contributed by atoms with Gasteiger partial charge in [0.15, 0.2) is 0 Å². The smallest absolute Gasteiger partial charge is 0.251 e. The van der Waals surface area contributed by atoms with E-state index >= 15 is 0 Å². The van der Waals surface area contributed by atoms with Gasteiger partial charge in [0.1, 0.15) is 0 Å². The van der Waals surface area contributed by atoms with Crippen LogP contribution in [0.25, 0.3) is 0 Å². The first-order valence-corrected chi connectivity index (χ1v) is 7.08. The van der Waals surface area contributed by atoms with Crippen molar-refractivity contribution in [3.05, 3.63) is 63.6 Å². The number of amides is 1. The number of benzene rings is 2. The highest BCUT2D eigenvalue weighted by atomic mass is 35.5. The van der Waals surface area contributed by atoms with Crippen LogP contribution in [0.3, 0.4) is 0 Å². The number of rotatable bonds is 4. The topological polar surface area (TPSA) is 81.1 Å². The molecule has 0 aliphatic rings. The average molecular weight is 324 g/mol. The highest BCUT2D eigenvalue weighted by Crippen LogP contribution is 2.21. The lowest BCUT2D eigenvalue weighted by Crippen LogP contribution is -2.33. The predicted molar refractivity (Wildman–Crippen MR) is 86.6 cm³/mol. The number of hydrogen-bond acceptors (Lipinski definition) is 3. The van der Waals surface area contributed by atoms with Crippen LogP contribution in [0.5, 0.6) is 0 Å². The van der Waals surface area contributed by atoms with Crippen molar-refractivity contribution in [2.45, 2.75) is 6.04 Å². The molecule has 0 bridgehead atoms. The van der Waals surface area contributed by atoms with Crippen LogP contribution in [0.4, 0.5) is 5.69 Å². The molecule has 2 aromatic carbocycles. The third-order valence-corrected chi connectivity index (χ3v) is 3.63. The molecule has 1 atom stereocenters. The van der Waals surface area contributed by atoms with Gasteiger partial charge < -0.3 is 16.8 Å². The minimum Gasteiger partial charge on any atom is -0.398 e. The monoisotopic (exact) mass is 323 g/mol. The maximum Gasteiger partial charge on any atom is 0.251 e. The zero-order valence-electron chi connectivity index (χ0n) is 11.1. The summed E-state index contributed by atoms with van der Waals surface area (Å²) < 4.78 is 0. The van der Waals surface area contributed by atoms with Gasteiger partial charge in [-0.25, -0.2) is 0 Å². The molecule has 0 unspecified atom stereocenters. The molecule has 2 rings (SSSR count). The molecule has 0 saturated heterocycles. The first-order valence-electron chi connectivity index (χ1n) is 6.32. The number of nitrogens with one attached hydrogen (secondary N) is 1. The molecule has 4 nitrogen and oxygen atoms in total. The zero-order valence-corrected chi connectivity index (χ0v) is 12.7. The molecule has 110 valence electrons. The molecule has 0 aliphatic heterocycles. The van der Waals surface area contributed by atoms with Crippen molar-refractivity contribution >= 4 is 34.8 Å². The normalized spacial score (nSPS) is 12.0. The maximum absolute atomic E-state index is 12.2. The van der Waals surface area contributed by atoms with E-state index in [1.807, 2.05) is 12.1 Å². The largest absolute Gasteiger partial charge is 0.398 e. The van der Waals surface area contributed by atoms with Crippen LogP contribution in [0, 0.1) is 0 Å². The second kappa shape index (κ2) is 6.80. The van der Waals surface area contributed by atoms with Gasteiger partial charge in [-0.05, 0) is 35.9 Å². The molecular weight excluding hydrogens is 309 g/mol. The van der Waals surface area contributed by atoms with Crippen LogP contribution in [0.15, 0.2) is 42.5 Å². The van der Waals surface area contributed by atoms with Gasteiger partial charge in [-0.1, -0.05) is 35.3 Å². The lowest BCUT2D eigenvalue weighted by atomic mass is 10.1. The number of carbonyl (C=O) groups is 1. The fraction of sp³-hybridized carbons (Fsp3) is 0.133. The maximum atomic E-state index is 12.2. The summed E-state index contributed by atoms with van der Waals surface area (Å²) in [4.78, 5) is 12.2. The molecule has 6 heteroatoms. The standard InChI is InChI=1S/C15H15Cl2N3O/c16-11-3-1-2-9(6-11)14(8-18)20-15(21)10-4-5-12(17)13(19)7-10/h1-7,14H,8,18-19H2,(H,20,21)/t14-/m1/s1. The van der Waals surface area contributed by atoms with Gasteiger partial charge in [0, 0.05) is 17.1 Å². The summed E-state index contributed by atoms with van der Waals surface area (Å²) in [6.07, 6.45) is 0. The van der Waals surface area contributed by atoms with Crippen LogP contribution in [-0.2, 0) is 0 Å². The van der Waals surface area contributed by atoms with Crippen molar-refractivity contribution in [3.8, 4) is 0 Å². The van der Waals surface area contributed by atoms with E-state index in [4.69, 9.17) is 34.7 Å². The minimum absolute atomic E-state index is 0.259. The Morgan fingerprint density at radius 1 is 1.19 bits per heavy atom. The van der Waals surface area contributed by atoms with Crippen LogP contribution >= 0.6 is 23.2 Å². The van der Waals surface area contributed by atoms with Gasteiger partial charge in [0.25, 0.3) is 5.91 Å². The van der Waals surface area contributed by atoms with Crippen molar-refractivity contribution in [2.24, 2.45) is 5.73 Å². The van der Waals surface area contributed by atoms with E-state index in [0.29, 0.717) is 21.3 Å². The van der Waals surface area contributed by atoms with Gasteiger partial charge in [-0.15, -0.1) is 0 Å². The Balaban J connectivity index is 2.18. The number of hydrogen-bond donors (Lipinski definition) is 3. The second-order valence-electron chi connectivity index (χ2n) is 4.55. The molecule has 5 N–H and O–H groups in total. The zero-order chi connectivity index (χ0) is 15.4. The molecule has 2 aromatic rings. The summed E-state index contributed by atoms with van der Waals surface area (Å²) in [7, 11) is 0. The fourth-order valence-electron chi connectivity index (χ4n) is 1.93. The molecular formula is C15H15Cl2N3O. The Morgan fingerprint density at radius 2 is 1.95 bits per heavy atom. The summed E-state index contributed by atoms with van der Waals surface area (Å²) in [6, 6.07) is 11.6. The predicted octanol–water partition coefficient (Wildman–Crippen LogP) is 3.01. The van der Waals surface area contributed by atoms with E-state index < -0.39 is 0 Å². The Hall–Kier alpha value is -1.75. The average Bonchev–Trinajstić information content (AvgIpc) is 2.47. The number of nitrogens with two attached hydrogens (primary N) is 2. The van der Waals surface area contributed by atoms with Gasteiger partial charge >= 0.3 is 0 Å². The number of halogens is 2. The van der Waals surface area contributed by atoms with Gasteiger partial charge in [0.2, 0.25) is 0 Å². The summed E-state index contributed by atoms with van der Waals surface area (Å²) >= 11 is 11.8. The number of anilines is 1. The second-order valence-corrected chi connectivity index (χ2v) is 5.40. The van der Waals surface area contributed by atoms with Crippen molar-refractivity contribution in [3.63, 3.8) is 0 Å². The van der Waals surface area contributed by atoms with Gasteiger partial charge in [-0.2, -0.15) is 0 Å². The van der Waals surface area contributed by atoms with Gasteiger partial charge in [0.05, 0.1) is 16.8 Å². The molecule has 0 heterocycles. The van der Waals surface area contributed by atoms with Crippen molar-refractivity contribution in [1.82, 2.24) is 5.32 Å². The SMILES string of the molecule is NC[C@@H](NC(=O)c1ccc(Cl)c(N)c1)c1cccc(Cl)c1. The molecule has 0 saturated carbocycles. The molecule has 0 fully saturated rings. The Bertz CT molecular complexity index is 661. The summed E-state index contributed by atoms with van der Waals surface area (Å²) in [5.74, 6) is -0.270. The quantitative estimate of drug-likeness (QED) is 0.756. The van der Waals surface area contributed by atoms with Crippen molar-refractivity contribution in [2.75, 3.05) is 12.3 Å². The minimum atomic E-state index is -0.326. The molecule has 21 heavy (non-hydrogen) atoms. The van der Waals surface area contributed by atoms with Crippen molar-refractivity contribution in [1.29, 1.82) is 0 Å².